The minimum absolute atomic E-state index is 0.0817. The summed E-state index contributed by atoms with van der Waals surface area (Å²) >= 11 is 0. The van der Waals surface area contributed by atoms with E-state index in [1.54, 1.807) is 0 Å². The smallest absolute Gasteiger partial charge is 0.322 e. The van der Waals surface area contributed by atoms with Gasteiger partial charge in [0.25, 0.3) is 5.91 Å². The molecule has 2 N–H and O–H groups in total. The van der Waals surface area contributed by atoms with Crippen molar-refractivity contribution in [3.05, 3.63) is 5.82 Å². The first-order valence-corrected chi connectivity index (χ1v) is 8.14. The van der Waals surface area contributed by atoms with Gasteiger partial charge in [0.1, 0.15) is 5.54 Å². The lowest BCUT2D eigenvalue weighted by Crippen LogP contribution is -2.55. The van der Waals surface area contributed by atoms with Crippen LogP contribution in [-0.4, -0.2) is 55.7 Å². The van der Waals surface area contributed by atoms with E-state index in [2.05, 4.69) is 38.0 Å². The molecular weight excluding hydrogens is 298 g/mol. The van der Waals surface area contributed by atoms with Gasteiger partial charge in [-0.1, -0.05) is 6.92 Å². The van der Waals surface area contributed by atoms with Crippen LogP contribution < -0.4 is 10.6 Å². The zero-order chi connectivity index (χ0) is 16.4. The highest BCUT2D eigenvalue weighted by atomic mass is 16.2. The molecule has 3 heterocycles. The van der Waals surface area contributed by atoms with E-state index in [1.807, 2.05) is 11.6 Å². The molecule has 2 saturated heterocycles. The first-order chi connectivity index (χ1) is 11.0. The minimum atomic E-state index is -0.828. The minimum Gasteiger partial charge on any atom is -0.323 e. The highest BCUT2D eigenvalue weighted by Crippen LogP contribution is 2.30. The van der Waals surface area contributed by atoms with Gasteiger partial charge in [0.2, 0.25) is 0 Å². The number of likely N-dealkylation sites (tertiary alicyclic amines) is 1. The van der Waals surface area contributed by atoms with Gasteiger partial charge in [-0.2, -0.15) is 0 Å². The maximum atomic E-state index is 12.1. The topological polar surface area (TPSA) is 105 Å². The molecule has 2 aliphatic rings. The Hall–Kier alpha value is -2.03. The van der Waals surface area contributed by atoms with Gasteiger partial charge in [-0.3, -0.25) is 15.0 Å². The van der Waals surface area contributed by atoms with Crippen LogP contribution in [0.15, 0.2) is 0 Å². The maximum Gasteiger partial charge on any atom is 0.322 e. The van der Waals surface area contributed by atoms with Crippen molar-refractivity contribution in [2.24, 2.45) is 5.92 Å². The van der Waals surface area contributed by atoms with E-state index in [-0.39, 0.29) is 11.8 Å². The molecule has 2 aliphatic heterocycles. The Bertz CT molecular complexity index is 602. The second kappa shape index (κ2) is 6.23. The standard InChI is InChI=1S/C14H23N7O2/c1-3-6-21-11(17-18-19-21)9-20-7-4-5-10(8-20)14(2)12(22)15-13(23)16-14/h10H,3-9H2,1-2H3,(H2,15,16,22,23). The van der Waals surface area contributed by atoms with Crippen molar-refractivity contribution < 1.29 is 9.59 Å². The van der Waals surface area contributed by atoms with Crippen molar-refractivity contribution in [1.82, 2.24) is 35.7 Å². The number of aryl methyl sites for hydroxylation is 1. The lowest BCUT2D eigenvalue weighted by Gasteiger charge is -2.39. The van der Waals surface area contributed by atoms with Crippen LogP contribution in [0, 0.1) is 5.92 Å². The molecular formula is C14H23N7O2. The first kappa shape index (κ1) is 15.9. The summed E-state index contributed by atoms with van der Waals surface area (Å²) < 4.78 is 1.83. The molecule has 2 fully saturated rings. The third-order valence-corrected chi connectivity index (χ3v) is 4.80. The average Bonchev–Trinajstić information content (AvgIpc) is 3.05. The zero-order valence-corrected chi connectivity index (χ0v) is 13.6. The number of urea groups is 1. The van der Waals surface area contributed by atoms with Crippen LogP contribution in [0.3, 0.4) is 0 Å². The molecule has 126 valence electrons. The molecule has 0 spiro atoms. The van der Waals surface area contributed by atoms with Crippen molar-refractivity contribution in [3.63, 3.8) is 0 Å². The summed E-state index contributed by atoms with van der Waals surface area (Å²) in [4.78, 5) is 25.9. The fourth-order valence-electron chi connectivity index (χ4n) is 3.44. The number of nitrogens with zero attached hydrogens (tertiary/aromatic N) is 5. The van der Waals surface area contributed by atoms with Crippen LogP contribution >= 0.6 is 0 Å². The van der Waals surface area contributed by atoms with Crippen molar-refractivity contribution in [2.75, 3.05) is 13.1 Å². The number of carbonyl (C=O) groups is 2. The number of amides is 3. The molecule has 0 aliphatic carbocycles. The van der Waals surface area contributed by atoms with Crippen LogP contribution in [0.4, 0.5) is 4.79 Å². The Morgan fingerprint density at radius 1 is 1.39 bits per heavy atom. The summed E-state index contributed by atoms with van der Waals surface area (Å²) in [5.74, 6) is 0.695. The van der Waals surface area contributed by atoms with E-state index >= 15 is 0 Å². The monoisotopic (exact) mass is 321 g/mol. The van der Waals surface area contributed by atoms with E-state index in [0.717, 1.165) is 44.7 Å². The largest absolute Gasteiger partial charge is 0.323 e. The highest BCUT2D eigenvalue weighted by molar-refractivity contribution is 6.06. The Balaban J connectivity index is 1.68. The van der Waals surface area contributed by atoms with E-state index in [4.69, 9.17) is 0 Å². The molecule has 9 nitrogen and oxygen atoms in total. The zero-order valence-electron chi connectivity index (χ0n) is 13.6. The van der Waals surface area contributed by atoms with Crippen LogP contribution in [0.1, 0.15) is 38.9 Å². The molecule has 1 aromatic heterocycles. The Kier molecular flexibility index (Phi) is 4.29. The summed E-state index contributed by atoms with van der Waals surface area (Å²) in [6.45, 7) is 7.04. The number of carbonyl (C=O) groups excluding carboxylic acids is 2. The number of hydrogen-bond donors (Lipinski definition) is 2. The molecule has 0 saturated carbocycles. The summed E-state index contributed by atoms with van der Waals surface area (Å²) in [7, 11) is 0. The van der Waals surface area contributed by atoms with Crippen LogP contribution in [-0.2, 0) is 17.9 Å². The summed E-state index contributed by atoms with van der Waals surface area (Å²) in [6.07, 6.45) is 2.88. The predicted octanol–water partition coefficient (Wildman–Crippen LogP) is -0.107. The van der Waals surface area contributed by atoms with Crippen LogP contribution in [0.2, 0.25) is 0 Å². The van der Waals surface area contributed by atoms with Gasteiger partial charge >= 0.3 is 6.03 Å². The molecule has 23 heavy (non-hydrogen) atoms. The fourth-order valence-corrected chi connectivity index (χ4v) is 3.44. The Morgan fingerprint density at radius 3 is 2.91 bits per heavy atom. The van der Waals surface area contributed by atoms with Gasteiger partial charge < -0.3 is 5.32 Å². The number of rotatable bonds is 5. The molecule has 3 amide bonds. The number of piperidine rings is 1. The number of tetrazole rings is 1. The number of aromatic nitrogens is 4. The van der Waals surface area contributed by atoms with Gasteiger partial charge in [-0.15, -0.1) is 5.10 Å². The van der Waals surface area contributed by atoms with Crippen molar-refractivity contribution in [3.8, 4) is 0 Å². The molecule has 2 atom stereocenters. The highest BCUT2D eigenvalue weighted by Gasteiger charge is 2.48. The van der Waals surface area contributed by atoms with Crippen LogP contribution in [0.25, 0.3) is 0 Å². The molecule has 0 bridgehead atoms. The van der Waals surface area contributed by atoms with Crippen molar-refractivity contribution in [1.29, 1.82) is 0 Å². The molecule has 9 heteroatoms. The summed E-state index contributed by atoms with van der Waals surface area (Å²) in [5, 5.41) is 17.0. The SMILES string of the molecule is CCCn1nnnc1CN1CCCC(C2(C)NC(=O)NC2=O)C1. The molecule has 0 aromatic carbocycles. The quantitative estimate of drug-likeness (QED) is 0.733. The molecule has 3 rings (SSSR count). The van der Waals surface area contributed by atoms with Crippen LogP contribution in [0.5, 0.6) is 0 Å². The van der Waals surface area contributed by atoms with Gasteiger partial charge in [-0.25, -0.2) is 9.48 Å². The fraction of sp³-hybridized carbons (Fsp3) is 0.786. The van der Waals surface area contributed by atoms with Gasteiger partial charge in [0.15, 0.2) is 5.82 Å². The van der Waals surface area contributed by atoms with E-state index in [0.29, 0.717) is 6.54 Å². The number of imide groups is 1. The van der Waals surface area contributed by atoms with E-state index < -0.39 is 11.6 Å². The maximum absolute atomic E-state index is 12.1. The number of hydrogen-bond acceptors (Lipinski definition) is 6. The summed E-state index contributed by atoms with van der Waals surface area (Å²) in [6, 6.07) is -0.401. The number of nitrogens with one attached hydrogen (secondary N) is 2. The molecule has 1 aromatic rings. The van der Waals surface area contributed by atoms with Crippen molar-refractivity contribution >= 4 is 11.9 Å². The van der Waals surface area contributed by atoms with E-state index in [1.165, 1.54) is 0 Å². The predicted molar refractivity (Wildman–Crippen MR) is 81.2 cm³/mol. The van der Waals surface area contributed by atoms with Gasteiger partial charge in [0.05, 0.1) is 6.54 Å². The van der Waals surface area contributed by atoms with Crippen molar-refractivity contribution in [2.45, 2.75) is 51.7 Å². The summed E-state index contributed by atoms with van der Waals surface area (Å²) in [5.41, 5.74) is -0.828. The average molecular weight is 321 g/mol. The first-order valence-electron chi connectivity index (χ1n) is 8.14. The second-order valence-electron chi connectivity index (χ2n) is 6.50. The lowest BCUT2D eigenvalue weighted by atomic mass is 9.80. The molecule has 0 radical (unpaired) electrons. The normalized spacial score (nSPS) is 28.7. The third kappa shape index (κ3) is 3.05. The van der Waals surface area contributed by atoms with Gasteiger partial charge in [-0.05, 0) is 43.2 Å². The van der Waals surface area contributed by atoms with E-state index in [9.17, 15) is 9.59 Å². The Labute approximate surface area is 134 Å². The third-order valence-electron chi connectivity index (χ3n) is 4.80. The van der Waals surface area contributed by atoms with Gasteiger partial charge in [0, 0.05) is 19.0 Å². The Morgan fingerprint density at radius 2 is 2.22 bits per heavy atom. The lowest BCUT2D eigenvalue weighted by molar-refractivity contribution is -0.126. The molecule has 2 unspecified atom stereocenters. The second-order valence-corrected chi connectivity index (χ2v) is 6.50.